The van der Waals surface area contributed by atoms with E-state index in [0.29, 0.717) is 0 Å². The van der Waals surface area contributed by atoms with E-state index in [1.165, 1.54) is 13.0 Å². The largest absolute Gasteiger partial charge is 0.468 e. The SMILES string of the molecule is C=C[C@@H](OC(=N)C(Cl)(Cl)Cl)[C@H](C)O. The van der Waals surface area contributed by atoms with Gasteiger partial charge in [-0.3, -0.25) is 5.41 Å². The van der Waals surface area contributed by atoms with E-state index in [1.54, 1.807) is 0 Å². The van der Waals surface area contributed by atoms with Crippen molar-refractivity contribution in [3.63, 3.8) is 0 Å². The van der Waals surface area contributed by atoms with E-state index in [0.717, 1.165) is 0 Å². The van der Waals surface area contributed by atoms with E-state index in [9.17, 15) is 0 Å². The zero-order valence-electron chi connectivity index (χ0n) is 6.93. The minimum atomic E-state index is -1.91. The van der Waals surface area contributed by atoms with Crippen LogP contribution in [0.5, 0.6) is 0 Å². The third-order valence-corrected chi connectivity index (χ3v) is 1.73. The number of halogens is 3. The Labute approximate surface area is 91.7 Å². The number of aliphatic hydroxyl groups is 1. The van der Waals surface area contributed by atoms with Gasteiger partial charge < -0.3 is 9.84 Å². The predicted octanol–water partition coefficient (Wildman–Crippen LogP) is 2.29. The van der Waals surface area contributed by atoms with E-state index in [-0.39, 0.29) is 0 Å². The lowest BCUT2D eigenvalue weighted by Gasteiger charge is -2.21. The van der Waals surface area contributed by atoms with Crippen molar-refractivity contribution in [2.75, 3.05) is 0 Å². The molecule has 0 aromatic rings. The summed E-state index contributed by atoms with van der Waals surface area (Å²) >= 11 is 16.1. The molecule has 0 saturated heterocycles. The Morgan fingerprint density at radius 2 is 2.08 bits per heavy atom. The van der Waals surface area contributed by atoms with Crippen LogP contribution < -0.4 is 0 Å². The monoisotopic (exact) mass is 245 g/mol. The number of hydrogen-bond donors (Lipinski definition) is 2. The number of nitrogens with one attached hydrogen (secondary N) is 1. The summed E-state index contributed by atoms with van der Waals surface area (Å²) in [4.78, 5) is 0. The summed E-state index contributed by atoms with van der Waals surface area (Å²) in [6, 6.07) is 0. The van der Waals surface area contributed by atoms with Gasteiger partial charge in [0.2, 0.25) is 5.90 Å². The predicted molar refractivity (Wildman–Crippen MR) is 54.8 cm³/mol. The van der Waals surface area contributed by atoms with Crippen LogP contribution in [0.4, 0.5) is 0 Å². The third kappa shape index (κ3) is 4.72. The summed E-state index contributed by atoms with van der Waals surface area (Å²) < 4.78 is 2.94. The molecule has 13 heavy (non-hydrogen) atoms. The fraction of sp³-hybridized carbons (Fsp3) is 0.571. The van der Waals surface area contributed by atoms with Gasteiger partial charge in [-0.1, -0.05) is 41.4 Å². The lowest BCUT2D eigenvalue weighted by molar-refractivity contribution is 0.0683. The molecule has 0 unspecified atom stereocenters. The molecule has 2 atom stereocenters. The van der Waals surface area contributed by atoms with Crippen molar-refractivity contribution in [3.05, 3.63) is 12.7 Å². The maximum absolute atomic E-state index is 9.10. The van der Waals surface area contributed by atoms with E-state index < -0.39 is 21.9 Å². The van der Waals surface area contributed by atoms with Crippen molar-refractivity contribution < 1.29 is 9.84 Å². The van der Waals surface area contributed by atoms with Crippen LogP contribution in [-0.2, 0) is 4.74 Å². The summed E-state index contributed by atoms with van der Waals surface area (Å²) in [5.41, 5.74) is 0. The molecule has 76 valence electrons. The van der Waals surface area contributed by atoms with Crippen LogP contribution in [0.15, 0.2) is 12.7 Å². The van der Waals surface area contributed by atoms with Crippen molar-refractivity contribution in [1.29, 1.82) is 5.41 Å². The molecule has 0 heterocycles. The molecule has 6 heteroatoms. The van der Waals surface area contributed by atoms with Gasteiger partial charge in [-0.05, 0) is 13.0 Å². The summed E-state index contributed by atoms with van der Waals surface area (Å²) in [5, 5.41) is 16.3. The van der Waals surface area contributed by atoms with Gasteiger partial charge in [0.15, 0.2) is 0 Å². The minimum absolute atomic E-state index is 0.539. The Bertz CT molecular complexity index is 200. The highest BCUT2D eigenvalue weighted by Gasteiger charge is 2.31. The van der Waals surface area contributed by atoms with Crippen molar-refractivity contribution in [1.82, 2.24) is 0 Å². The zero-order chi connectivity index (χ0) is 10.6. The van der Waals surface area contributed by atoms with E-state index >= 15 is 0 Å². The summed E-state index contributed by atoms with van der Waals surface area (Å²) in [7, 11) is 0. The minimum Gasteiger partial charge on any atom is -0.468 e. The molecular formula is C7H10Cl3NO2. The number of hydrogen-bond acceptors (Lipinski definition) is 3. The van der Waals surface area contributed by atoms with Crippen LogP contribution in [0.25, 0.3) is 0 Å². The Morgan fingerprint density at radius 1 is 1.62 bits per heavy atom. The Hall–Kier alpha value is 0.0400. The van der Waals surface area contributed by atoms with Crippen LogP contribution in [0.3, 0.4) is 0 Å². The van der Waals surface area contributed by atoms with Gasteiger partial charge in [-0.15, -0.1) is 0 Å². The summed E-state index contributed by atoms with van der Waals surface area (Å²) in [5.74, 6) is -0.539. The summed E-state index contributed by atoms with van der Waals surface area (Å²) in [6.45, 7) is 4.89. The normalized spacial score (nSPS) is 16.1. The van der Waals surface area contributed by atoms with E-state index in [1.807, 2.05) is 0 Å². The molecule has 0 saturated carbocycles. The number of rotatable bonds is 3. The first-order valence-electron chi connectivity index (χ1n) is 3.42. The molecule has 0 radical (unpaired) electrons. The first-order chi connectivity index (χ1) is 5.79. The molecule has 0 aromatic heterocycles. The van der Waals surface area contributed by atoms with Crippen molar-refractivity contribution in [3.8, 4) is 0 Å². The lowest BCUT2D eigenvalue weighted by Crippen LogP contribution is -2.32. The first-order valence-corrected chi connectivity index (χ1v) is 4.55. The topological polar surface area (TPSA) is 53.3 Å². The Morgan fingerprint density at radius 3 is 2.31 bits per heavy atom. The number of alkyl halides is 3. The van der Waals surface area contributed by atoms with Gasteiger partial charge in [-0.2, -0.15) is 0 Å². The highest BCUT2D eigenvalue weighted by Crippen LogP contribution is 2.28. The Kier molecular flexibility index (Phi) is 5.07. The van der Waals surface area contributed by atoms with E-state index in [2.05, 4.69) is 6.58 Å². The van der Waals surface area contributed by atoms with Gasteiger partial charge in [0, 0.05) is 0 Å². The average molecular weight is 247 g/mol. The van der Waals surface area contributed by atoms with Gasteiger partial charge in [0.25, 0.3) is 3.79 Å². The molecule has 0 aliphatic carbocycles. The molecule has 0 aromatic carbocycles. The molecule has 2 N–H and O–H groups in total. The fourth-order valence-electron chi connectivity index (χ4n) is 0.546. The summed E-state index contributed by atoms with van der Waals surface area (Å²) in [6.07, 6.45) is -0.233. The zero-order valence-corrected chi connectivity index (χ0v) is 9.20. The van der Waals surface area contributed by atoms with Gasteiger partial charge in [0.1, 0.15) is 6.10 Å². The number of ether oxygens (including phenoxy) is 1. The molecule has 0 amide bonds. The first kappa shape index (κ1) is 13.0. The molecular weight excluding hydrogens is 236 g/mol. The van der Waals surface area contributed by atoms with Gasteiger partial charge in [-0.25, -0.2) is 0 Å². The second kappa shape index (κ2) is 5.05. The molecule has 0 bridgehead atoms. The third-order valence-electron chi connectivity index (χ3n) is 1.22. The fourth-order valence-corrected chi connectivity index (χ4v) is 0.680. The van der Waals surface area contributed by atoms with Crippen molar-refractivity contribution in [2.45, 2.75) is 22.9 Å². The standard InChI is InChI=1S/C7H10Cl3NO2/c1-3-5(4(2)12)13-6(11)7(8,9)10/h3-5,11-12H,1H2,2H3/t4-,5+/m0/s1. The van der Waals surface area contributed by atoms with Crippen molar-refractivity contribution in [2.24, 2.45) is 0 Å². The van der Waals surface area contributed by atoms with Crippen LogP contribution >= 0.6 is 34.8 Å². The lowest BCUT2D eigenvalue weighted by atomic mass is 10.2. The second-order valence-electron chi connectivity index (χ2n) is 2.39. The van der Waals surface area contributed by atoms with E-state index in [4.69, 9.17) is 50.1 Å². The number of aliphatic hydroxyl groups excluding tert-OH is 1. The highest BCUT2D eigenvalue weighted by atomic mass is 35.6. The van der Waals surface area contributed by atoms with Crippen molar-refractivity contribution >= 4 is 40.7 Å². The maximum Gasteiger partial charge on any atom is 0.265 e. The molecule has 0 rings (SSSR count). The van der Waals surface area contributed by atoms with Crippen LogP contribution in [0.2, 0.25) is 0 Å². The maximum atomic E-state index is 9.10. The Balaban J connectivity index is 4.26. The second-order valence-corrected chi connectivity index (χ2v) is 4.67. The molecule has 0 spiro atoms. The average Bonchev–Trinajstić information content (AvgIpc) is 1.96. The smallest absolute Gasteiger partial charge is 0.265 e. The molecule has 0 aliphatic heterocycles. The van der Waals surface area contributed by atoms with Crippen LogP contribution in [0, 0.1) is 5.41 Å². The highest BCUT2D eigenvalue weighted by molar-refractivity contribution is 6.76. The van der Waals surface area contributed by atoms with Crippen LogP contribution in [-0.4, -0.2) is 27.0 Å². The van der Waals surface area contributed by atoms with Gasteiger partial charge >= 0.3 is 0 Å². The quantitative estimate of drug-likeness (QED) is 0.347. The molecule has 0 fully saturated rings. The molecule has 0 aliphatic rings. The van der Waals surface area contributed by atoms with Gasteiger partial charge in [0.05, 0.1) is 6.10 Å². The van der Waals surface area contributed by atoms with Crippen LogP contribution in [0.1, 0.15) is 6.92 Å². The molecule has 3 nitrogen and oxygen atoms in total.